The van der Waals surface area contributed by atoms with Crippen molar-refractivity contribution in [1.29, 1.82) is 0 Å². The van der Waals surface area contributed by atoms with Crippen molar-refractivity contribution < 1.29 is 0 Å². The molecule has 1 aliphatic heterocycles. The molecule has 2 heterocycles. The summed E-state index contributed by atoms with van der Waals surface area (Å²) in [6.07, 6.45) is 3.01. The SMILES string of the molecule is CC1(Nc2nccc3ccccc23)CCNC1. The van der Waals surface area contributed by atoms with E-state index in [0.29, 0.717) is 0 Å². The number of hydrogen-bond acceptors (Lipinski definition) is 3. The van der Waals surface area contributed by atoms with Crippen LogP contribution in [-0.4, -0.2) is 23.6 Å². The van der Waals surface area contributed by atoms with E-state index in [-0.39, 0.29) is 5.54 Å². The van der Waals surface area contributed by atoms with Crippen LogP contribution in [-0.2, 0) is 0 Å². The second-order valence-corrected chi connectivity index (χ2v) is 4.99. The minimum absolute atomic E-state index is 0.122. The van der Waals surface area contributed by atoms with Crippen LogP contribution in [0.4, 0.5) is 5.82 Å². The molecule has 17 heavy (non-hydrogen) atoms. The molecular weight excluding hydrogens is 210 g/mol. The predicted octanol–water partition coefficient (Wildman–Crippen LogP) is 2.40. The maximum atomic E-state index is 4.48. The Labute approximate surface area is 101 Å². The molecule has 1 atom stereocenters. The second kappa shape index (κ2) is 4.00. The van der Waals surface area contributed by atoms with Crippen LogP contribution in [0.1, 0.15) is 13.3 Å². The monoisotopic (exact) mass is 227 g/mol. The van der Waals surface area contributed by atoms with E-state index in [0.717, 1.165) is 25.3 Å². The van der Waals surface area contributed by atoms with Gasteiger partial charge >= 0.3 is 0 Å². The zero-order valence-corrected chi connectivity index (χ0v) is 10.0. The molecule has 3 rings (SSSR count). The van der Waals surface area contributed by atoms with Gasteiger partial charge in [-0.05, 0) is 31.3 Å². The topological polar surface area (TPSA) is 37.0 Å². The number of rotatable bonds is 2. The molecule has 1 aliphatic rings. The van der Waals surface area contributed by atoms with Crippen LogP contribution in [0.2, 0.25) is 0 Å². The predicted molar refractivity (Wildman–Crippen MR) is 71.3 cm³/mol. The molecule has 1 fully saturated rings. The van der Waals surface area contributed by atoms with Crippen molar-refractivity contribution in [3.8, 4) is 0 Å². The zero-order chi connectivity index (χ0) is 11.7. The van der Waals surface area contributed by atoms with Crippen LogP contribution in [0, 0.1) is 0 Å². The maximum Gasteiger partial charge on any atom is 0.134 e. The molecule has 0 saturated carbocycles. The third-order valence-electron chi connectivity index (χ3n) is 3.46. The lowest BCUT2D eigenvalue weighted by Gasteiger charge is -2.25. The molecule has 88 valence electrons. The van der Waals surface area contributed by atoms with Gasteiger partial charge < -0.3 is 10.6 Å². The van der Waals surface area contributed by atoms with Crippen molar-refractivity contribution in [2.45, 2.75) is 18.9 Å². The smallest absolute Gasteiger partial charge is 0.134 e. The molecule has 3 heteroatoms. The van der Waals surface area contributed by atoms with Gasteiger partial charge in [-0.2, -0.15) is 0 Å². The molecule has 2 N–H and O–H groups in total. The lowest BCUT2D eigenvalue weighted by atomic mass is 10.0. The largest absolute Gasteiger partial charge is 0.363 e. The van der Waals surface area contributed by atoms with Crippen molar-refractivity contribution in [1.82, 2.24) is 10.3 Å². The minimum Gasteiger partial charge on any atom is -0.363 e. The molecule has 0 spiro atoms. The fourth-order valence-corrected chi connectivity index (χ4v) is 2.43. The van der Waals surface area contributed by atoms with Crippen LogP contribution in [0.25, 0.3) is 10.8 Å². The van der Waals surface area contributed by atoms with Crippen LogP contribution < -0.4 is 10.6 Å². The van der Waals surface area contributed by atoms with Crippen LogP contribution in [0.3, 0.4) is 0 Å². The van der Waals surface area contributed by atoms with Crippen molar-refractivity contribution in [3.63, 3.8) is 0 Å². The Kier molecular flexibility index (Phi) is 2.48. The fraction of sp³-hybridized carbons (Fsp3) is 0.357. The van der Waals surface area contributed by atoms with Crippen molar-refractivity contribution >= 4 is 16.6 Å². The highest BCUT2D eigenvalue weighted by molar-refractivity contribution is 5.91. The fourth-order valence-electron chi connectivity index (χ4n) is 2.43. The summed E-state index contributed by atoms with van der Waals surface area (Å²) in [5.41, 5.74) is 0.122. The van der Waals surface area contributed by atoms with Crippen LogP contribution in [0.15, 0.2) is 36.5 Å². The number of anilines is 1. The van der Waals surface area contributed by atoms with Gasteiger partial charge in [0.15, 0.2) is 0 Å². The highest BCUT2D eigenvalue weighted by Crippen LogP contribution is 2.25. The van der Waals surface area contributed by atoms with E-state index < -0.39 is 0 Å². The summed E-state index contributed by atoms with van der Waals surface area (Å²) >= 11 is 0. The summed E-state index contributed by atoms with van der Waals surface area (Å²) in [5.74, 6) is 0.995. The Morgan fingerprint density at radius 3 is 3.00 bits per heavy atom. The first kappa shape index (κ1) is 10.5. The van der Waals surface area contributed by atoms with E-state index in [1.54, 1.807) is 0 Å². The van der Waals surface area contributed by atoms with Gasteiger partial charge in [0.05, 0.1) is 0 Å². The van der Waals surface area contributed by atoms with Gasteiger partial charge in [0, 0.05) is 23.7 Å². The van der Waals surface area contributed by atoms with Gasteiger partial charge in [0.2, 0.25) is 0 Å². The number of hydrogen-bond donors (Lipinski definition) is 2. The normalized spacial score (nSPS) is 24.1. The molecule has 1 aromatic heterocycles. The van der Waals surface area contributed by atoms with Gasteiger partial charge in [-0.1, -0.05) is 24.3 Å². The average molecular weight is 227 g/mol. The molecule has 2 aromatic rings. The number of benzene rings is 1. The number of fused-ring (bicyclic) bond motifs is 1. The molecule has 1 saturated heterocycles. The zero-order valence-electron chi connectivity index (χ0n) is 10.0. The Hall–Kier alpha value is -1.61. The summed E-state index contributed by atoms with van der Waals surface area (Å²) in [6, 6.07) is 10.4. The molecule has 0 bridgehead atoms. The van der Waals surface area contributed by atoms with Crippen LogP contribution >= 0.6 is 0 Å². The van der Waals surface area contributed by atoms with Crippen molar-refractivity contribution in [2.24, 2.45) is 0 Å². The molecule has 0 aliphatic carbocycles. The highest BCUT2D eigenvalue weighted by atomic mass is 15.1. The van der Waals surface area contributed by atoms with Crippen LogP contribution in [0.5, 0.6) is 0 Å². The summed E-state index contributed by atoms with van der Waals surface area (Å²) < 4.78 is 0. The third-order valence-corrected chi connectivity index (χ3v) is 3.46. The lowest BCUT2D eigenvalue weighted by molar-refractivity contribution is 0.565. The maximum absolute atomic E-state index is 4.48. The first-order valence-corrected chi connectivity index (χ1v) is 6.10. The van der Waals surface area contributed by atoms with Gasteiger partial charge in [-0.15, -0.1) is 0 Å². The minimum atomic E-state index is 0.122. The molecule has 3 nitrogen and oxygen atoms in total. The first-order chi connectivity index (χ1) is 8.27. The standard InChI is InChI=1S/C14H17N3/c1-14(7-9-15-10-14)17-13-12-5-3-2-4-11(12)6-8-16-13/h2-6,8,15H,7,9-10H2,1H3,(H,16,17). The first-order valence-electron chi connectivity index (χ1n) is 6.10. The summed E-state index contributed by atoms with van der Waals surface area (Å²) in [4.78, 5) is 4.48. The van der Waals surface area contributed by atoms with Gasteiger partial charge in [0.1, 0.15) is 5.82 Å². The molecule has 1 aromatic carbocycles. The Morgan fingerprint density at radius 1 is 1.29 bits per heavy atom. The molecule has 0 amide bonds. The van der Waals surface area contributed by atoms with E-state index in [9.17, 15) is 0 Å². The second-order valence-electron chi connectivity index (χ2n) is 4.99. The molecule has 1 unspecified atom stereocenters. The van der Waals surface area contributed by atoms with E-state index in [1.807, 2.05) is 6.20 Å². The lowest BCUT2D eigenvalue weighted by Crippen LogP contribution is -2.37. The highest BCUT2D eigenvalue weighted by Gasteiger charge is 2.28. The summed E-state index contributed by atoms with van der Waals surface area (Å²) in [7, 11) is 0. The van der Waals surface area contributed by atoms with E-state index in [2.05, 4.69) is 52.9 Å². The third kappa shape index (κ3) is 1.98. The van der Waals surface area contributed by atoms with Gasteiger partial charge in [-0.25, -0.2) is 4.98 Å². The quantitative estimate of drug-likeness (QED) is 0.827. The molecular formula is C14H17N3. The number of nitrogens with one attached hydrogen (secondary N) is 2. The van der Waals surface area contributed by atoms with E-state index >= 15 is 0 Å². The Balaban J connectivity index is 2.00. The van der Waals surface area contributed by atoms with Crippen molar-refractivity contribution in [2.75, 3.05) is 18.4 Å². The van der Waals surface area contributed by atoms with Gasteiger partial charge in [0.25, 0.3) is 0 Å². The summed E-state index contributed by atoms with van der Waals surface area (Å²) in [5, 5.41) is 9.41. The number of nitrogens with zero attached hydrogens (tertiary/aromatic N) is 1. The van der Waals surface area contributed by atoms with E-state index in [1.165, 1.54) is 10.8 Å². The molecule has 0 radical (unpaired) electrons. The van der Waals surface area contributed by atoms with Gasteiger partial charge in [-0.3, -0.25) is 0 Å². The van der Waals surface area contributed by atoms with Crippen molar-refractivity contribution in [3.05, 3.63) is 36.5 Å². The Bertz CT molecular complexity index is 524. The van der Waals surface area contributed by atoms with E-state index in [4.69, 9.17) is 0 Å². The Morgan fingerprint density at radius 2 is 2.18 bits per heavy atom. The average Bonchev–Trinajstić information content (AvgIpc) is 2.76. The number of aromatic nitrogens is 1. The number of pyridine rings is 1. The summed E-state index contributed by atoms with van der Waals surface area (Å²) in [6.45, 7) is 4.32.